The molecule has 8 heteroatoms. The van der Waals surface area contributed by atoms with Gasteiger partial charge in [-0.3, -0.25) is 0 Å². The maximum atomic E-state index is 12.4. The van der Waals surface area contributed by atoms with Gasteiger partial charge in [0.25, 0.3) is 0 Å². The van der Waals surface area contributed by atoms with E-state index in [9.17, 15) is 4.79 Å². The van der Waals surface area contributed by atoms with Crippen LogP contribution in [0.4, 0.5) is 5.69 Å². The first kappa shape index (κ1) is 12.6. The average Bonchev–Trinajstić information content (AvgIpc) is 3.15. The maximum absolute atomic E-state index is 12.4. The van der Waals surface area contributed by atoms with E-state index in [1.165, 1.54) is 0 Å². The van der Waals surface area contributed by atoms with Crippen molar-refractivity contribution in [2.45, 2.75) is 0 Å². The molecular weight excluding hydrogens is 353 g/mol. The number of anilines is 1. The molecule has 102 valence electrons. The molecule has 0 saturated carbocycles. The first-order valence-electron chi connectivity index (χ1n) is 6.06. The van der Waals surface area contributed by atoms with Crippen LogP contribution in [0.15, 0.2) is 36.4 Å². The second kappa shape index (κ2) is 5.00. The number of nitrogens with one attached hydrogen (secondary N) is 1. The fraction of sp³-hybridized carbons (Fsp3) is 0. The molecule has 2 aromatic carbocycles. The van der Waals surface area contributed by atoms with Gasteiger partial charge in [0.15, 0.2) is 0 Å². The van der Waals surface area contributed by atoms with Crippen molar-refractivity contribution < 1.29 is 4.79 Å². The monoisotopic (exact) mass is 361 g/mol. The summed E-state index contributed by atoms with van der Waals surface area (Å²) in [6, 6.07) is 10.9. The van der Waals surface area contributed by atoms with Gasteiger partial charge in [-0.25, -0.2) is 0 Å². The first-order valence-corrected chi connectivity index (χ1v) is 8.32. The van der Waals surface area contributed by atoms with E-state index in [1.54, 1.807) is 18.2 Å². The van der Waals surface area contributed by atoms with Crippen molar-refractivity contribution in [3.8, 4) is 0 Å². The summed E-state index contributed by atoms with van der Waals surface area (Å²) in [4.78, 5) is 12.4. The summed E-state index contributed by atoms with van der Waals surface area (Å²) in [5.41, 5.74) is 4.38. The van der Waals surface area contributed by atoms with Crippen LogP contribution in [0.2, 0.25) is 0 Å². The molecule has 2 heterocycles. The number of carbonyl (C=O) groups is 1. The second-order valence-electron chi connectivity index (χ2n) is 4.36. The molecule has 0 bridgehead atoms. The van der Waals surface area contributed by atoms with Gasteiger partial charge in [0.2, 0.25) is 0 Å². The Bertz CT molecular complexity index is 963. The van der Waals surface area contributed by atoms with Crippen LogP contribution >= 0.6 is 11.7 Å². The van der Waals surface area contributed by atoms with Crippen molar-refractivity contribution >= 4 is 60.4 Å². The van der Waals surface area contributed by atoms with Gasteiger partial charge in [0.1, 0.15) is 0 Å². The number of rotatable bonds is 2. The summed E-state index contributed by atoms with van der Waals surface area (Å²) in [7, 11) is 0. The van der Waals surface area contributed by atoms with Gasteiger partial charge in [-0.05, 0) is 0 Å². The van der Waals surface area contributed by atoms with E-state index < -0.39 is 0 Å². The molecule has 0 fully saturated rings. The number of hydrogen-bond acceptors (Lipinski definition) is 6. The van der Waals surface area contributed by atoms with Gasteiger partial charge in [-0.2, -0.15) is 0 Å². The normalized spacial score (nSPS) is 11.0. The zero-order valence-electron chi connectivity index (χ0n) is 10.5. The number of fused-ring (bicyclic) bond motifs is 2. The van der Waals surface area contributed by atoms with Crippen LogP contribution in [0.5, 0.6) is 0 Å². The zero-order chi connectivity index (χ0) is 14.2. The Hall–Kier alpha value is -2.15. The predicted octanol–water partition coefficient (Wildman–Crippen LogP) is 1.94. The standard InChI is InChI=1S/C13H7N5OSSe/c19-13(7-4-5-8-11(6-7)16-20-15-8)14-9-2-1-3-10-12(9)18-21-17-10/h1-6H,(H,14,19). The quantitative estimate of drug-likeness (QED) is 0.553. The average molecular weight is 360 g/mol. The Labute approximate surface area is 129 Å². The Balaban J connectivity index is 1.70. The molecule has 6 nitrogen and oxygen atoms in total. The van der Waals surface area contributed by atoms with E-state index in [0.717, 1.165) is 33.8 Å². The van der Waals surface area contributed by atoms with Crippen molar-refractivity contribution in [1.82, 2.24) is 16.7 Å². The van der Waals surface area contributed by atoms with Crippen LogP contribution in [0.1, 0.15) is 10.4 Å². The van der Waals surface area contributed by atoms with E-state index in [0.29, 0.717) is 11.3 Å². The molecule has 0 aliphatic rings. The minimum atomic E-state index is -0.187. The van der Waals surface area contributed by atoms with Crippen molar-refractivity contribution in [2.24, 2.45) is 0 Å². The molecule has 1 amide bonds. The third-order valence-electron chi connectivity index (χ3n) is 3.05. The van der Waals surface area contributed by atoms with Crippen LogP contribution in [0, 0.1) is 0 Å². The molecule has 0 aliphatic heterocycles. The molecule has 0 atom stereocenters. The summed E-state index contributed by atoms with van der Waals surface area (Å²) in [5, 5.41) is 2.89. The first-order chi connectivity index (χ1) is 10.3. The second-order valence-corrected chi connectivity index (χ2v) is 6.00. The zero-order valence-corrected chi connectivity index (χ0v) is 13.0. The Morgan fingerprint density at radius 2 is 1.95 bits per heavy atom. The van der Waals surface area contributed by atoms with Gasteiger partial charge >= 0.3 is 129 Å². The SMILES string of the molecule is O=C(Nc1cccc2n[se]nc12)c1ccc2nsnc2c1. The predicted molar refractivity (Wildman–Crippen MR) is 81.8 cm³/mol. The van der Waals surface area contributed by atoms with Crippen LogP contribution in [-0.4, -0.2) is 37.6 Å². The molecule has 21 heavy (non-hydrogen) atoms. The van der Waals surface area contributed by atoms with E-state index in [4.69, 9.17) is 0 Å². The summed E-state index contributed by atoms with van der Waals surface area (Å²) in [5.74, 6) is -0.187. The molecule has 0 unspecified atom stereocenters. The van der Waals surface area contributed by atoms with Crippen LogP contribution in [0.3, 0.4) is 0 Å². The van der Waals surface area contributed by atoms with Gasteiger partial charge in [0.05, 0.1) is 0 Å². The Morgan fingerprint density at radius 1 is 1.05 bits per heavy atom. The number of carbonyl (C=O) groups excluding carboxylic acids is 1. The van der Waals surface area contributed by atoms with Crippen molar-refractivity contribution in [2.75, 3.05) is 5.32 Å². The number of benzene rings is 2. The molecule has 0 saturated heterocycles. The third-order valence-corrected chi connectivity index (χ3v) is 4.75. The Morgan fingerprint density at radius 3 is 2.90 bits per heavy atom. The van der Waals surface area contributed by atoms with E-state index in [2.05, 4.69) is 22.0 Å². The number of nitrogens with zero attached hydrogens (tertiary/aromatic N) is 4. The molecule has 0 aliphatic carbocycles. The number of aromatic nitrogens is 4. The van der Waals surface area contributed by atoms with Gasteiger partial charge < -0.3 is 0 Å². The molecule has 2 aromatic heterocycles. The fourth-order valence-electron chi connectivity index (χ4n) is 2.02. The molecule has 0 spiro atoms. The van der Waals surface area contributed by atoms with Crippen LogP contribution in [0.25, 0.3) is 22.1 Å². The summed E-state index contributed by atoms with van der Waals surface area (Å²) in [6.07, 6.45) is 0. The number of amides is 1. The molecule has 1 N–H and O–H groups in total. The fourth-order valence-corrected chi connectivity index (χ4v) is 3.70. The van der Waals surface area contributed by atoms with E-state index in [1.807, 2.05) is 18.2 Å². The van der Waals surface area contributed by atoms with Crippen LogP contribution < -0.4 is 5.32 Å². The molecule has 0 radical (unpaired) electrons. The van der Waals surface area contributed by atoms with Gasteiger partial charge in [-0.15, -0.1) is 0 Å². The van der Waals surface area contributed by atoms with E-state index in [-0.39, 0.29) is 20.9 Å². The van der Waals surface area contributed by atoms with Crippen molar-refractivity contribution in [1.29, 1.82) is 0 Å². The van der Waals surface area contributed by atoms with Crippen molar-refractivity contribution in [3.05, 3.63) is 42.0 Å². The molecule has 4 aromatic rings. The van der Waals surface area contributed by atoms with E-state index >= 15 is 0 Å². The minimum absolute atomic E-state index is 0.117. The topological polar surface area (TPSA) is 80.7 Å². The Kier molecular flexibility index (Phi) is 2.99. The number of hydrogen-bond donors (Lipinski definition) is 1. The third kappa shape index (κ3) is 2.23. The summed E-state index contributed by atoms with van der Waals surface area (Å²) in [6.45, 7) is 0. The van der Waals surface area contributed by atoms with Crippen molar-refractivity contribution in [3.63, 3.8) is 0 Å². The molecular formula is C13H7N5OSSe. The van der Waals surface area contributed by atoms with Gasteiger partial charge in [-0.1, -0.05) is 0 Å². The van der Waals surface area contributed by atoms with Gasteiger partial charge in [0, 0.05) is 0 Å². The molecule has 4 rings (SSSR count). The van der Waals surface area contributed by atoms with Crippen LogP contribution in [-0.2, 0) is 0 Å². The summed E-state index contributed by atoms with van der Waals surface area (Å²) >= 11 is 1.02. The summed E-state index contributed by atoms with van der Waals surface area (Å²) < 4.78 is 16.9.